The molecule has 2 aromatic carbocycles. The Hall–Kier alpha value is -1.97. The number of benzene rings is 2. The van der Waals surface area contributed by atoms with E-state index in [4.69, 9.17) is 4.74 Å². The number of halogens is 3. The molecule has 4 heteroatoms. The zero-order valence-electron chi connectivity index (χ0n) is 17.4. The van der Waals surface area contributed by atoms with E-state index in [9.17, 15) is 13.2 Å². The molecule has 158 valence electrons. The standard InChI is InChI=1S/C25H31F3O/c1-3-5-6-7-17-8-10-18(11-9-17)20-13-12-19(16-22(20)26)21-14-15-23(29-4-2)25(28)24(21)27/h12-18H,3-11H2,1-2H3. The highest BCUT2D eigenvalue weighted by atomic mass is 19.2. The summed E-state index contributed by atoms with van der Waals surface area (Å²) in [6.07, 6.45) is 9.40. The van der Waals surface area contributed by atoms with E-state index in [1.807, 2.05) is 0 Å². The summed E-state index contributed by atoms with van der Waals surface area (Å²) >= 11 is 0. The Morgan fingerprint density at radius 1 is 0.897 bits per heavy atom. The van der Waals surface area contributed by atoms with E-state index in [1.165, 1.54) is 43.9 Å². The molecule has 0 unspecified atom stereocenters. The predicted octanol–water partition coefficient (Wildman–Crippen LogP) is 8.02. The third-order valence-corrected chi connectivity index (χ3v) is 6.16. The third-order valence-electron chi connectivity index (χ3n) is 6.16. The highest BCUT2D eigenvalue weighted by molar-refractivity contribution is 5.66. The lowest BCUT2D eigenvalue weighted by molar-refractivity contribution is 0.299. The lowest BCUT2D eigenvalue weighted by Gasteiger charge is -2.29. The van der Waals surface area contributed by atoms with Crippen LogP contribution in [0.1, 0.15) is 76.7 Å². The van der Waals surface area contributed by atoms with Gasteiger partial charge in [0.2, 0.25) is 5.82 Å². The maximum absolute atomic E-state index is 14.9. The van der Waals surface area contributed by atoms with Crippen molar-refractivity contribution in [1.82, 2.24) is 0 Å². The number of ether oxygens (including phenoxy) is 1. The first-order valence-electron chi connectivity index (χ1n) is 11.0. The Bertz CT molecular complexity index is 810. The van der Waals surface area contributed by atoms with Gasteiger partial charge in [-0.2, -0.15) is 4.39 Å². The molecule has 0 aromatic heterocycles. The van der Waals surface area contributed by atoms with Gasteiger partial charge in [-0.15, -0.1) is 0 Å². The van der Waals surface area contributed by atoms with Gasteiger partial charge in [0.15, 0.2) is 11.6 Å². The van der Waals surface area contributed by atoms with Gasteiger partial charge < -0.3 is 4.74 Å². The largest absolute Gasteiger partial charge is 0.491 e. The number of unbranched alkanes of at least 4 members (excludes halogenated alkanes) is 2. The van der Waals surface area contributed by atoms with Crippen LogP contribution in [0.4, 0.5) is 13.2 Å². The first-order chi connectivity index (χ1) is 14.0. The molecule has 1 fully saturated rings. The summed E-state index contributed by atoms with van der Waals surface area (Å²) in [6, 6.07) is 7.62. The maximum Gasteiger partial charge on any atom is 0.201 e. The van der Waals surface area contributed by atoms with E-state index in [0.29, 0.717) is 11.1 Å². The molecule has 1 nitrogen and oxygen atoms in total. The molecular weight excluding hydrogens is 373 g/mol. The van der Waals surface area contributed by atoms with Crippen LogP contribution in [0.3, 0.4) is 0 Å². The summed E-state index contributed by atoms with van der Waals surface area (Å²) in [6.45, 7) is 4.18. The molecule has 1 saturated carbocycles. The van der Waals surface area contributed by atoms with Crippen LogP contribution in [-0.4, -0.2) is 6.61 Å². The molecule has 0 spiro atoms. The fraction of sp³-hybridized carbons (Fsp3) is 0.520. The van der Waals surface area contributed by atoms with Gasteiger partial charge in [0.05, 0.1) is 6.61 Å². The monoisotopic (exact) mass is 404 g/mol. The van der Waals surface area contributed by atoms with Gasteiger partial charge in [0, 0.05) is 5.56 Å². The van der Waals surface area contributed by atoms with Crippen LogP contribution in [0.25, 0.3) is 11.1 Å². The van der Waals surface area contributed by atoms with Crippen molar-refractivity contribution < 1.29 is 17.9 Å². The van der Waals surface area contributed by atoms with Crippen LogP contribution < -0.4 is 4.74 Å². The summed E-state index contributed by atoms with van der Waals surface area (Å²) in [5.41, 5.74) is 1.10. The molecule has 29 heavy (non-hydrogen) atoms. The smallest absolute Gasteiger partial charge is 0.201 e. The lowest BCUT2D eigenvalue weighted by atomic mass is 9.76. The van der Waals surface area contributed by atoms with Crippen molar-refractivity contribution in [2.45, 2.75) is 71.1 Å². The molecule has 3 rings (SSSR count). The van der Waals surface area contributed by atoms with E-state index < -0.39 is 11.6 Å². The zero-order valence-corrected chi connectivity index (χ0v) is 17.4. The van der Waals surface area contributed by atoms with Crippen molar-refractivity contribution in [1.29, 1.82) is 0 Å². The van der Waals surface area contributed by atoms with Crippen molar-refractivity contribution in [2.24, 2.45) is 5.92 Å². The predicted molar refractivity (Wildman–Crippen MR) is 112 cm³/mol. The molecule has 0 bridgehead atoms. The summed E-state index contributed by atoms with van der Waals surface area (Å²) < 4.78 is 48.5. The molecule has 0 N–H and O–H groups in total. The van der Waals surface area contributed by atoms with Crippen LogP contribution in [0.5, 0.6) is 5.75 Å². The van der Waals surface area contributed by atoms with Crippen LogP contribution in [0, 0.1) is 23.4 Å². The Kier molecular flexibility index (Phi) is 7.63. The van der Waals surface area contributed by atoms with Gasteiger partial charge in [0.1, 0.15) is 5.82 Å². The van der Waals surface area contributed by atoms with E-state index in [2.05, 4.69) is 6.92 Å². The summed E-state index contributed by atoms with van der Waals surface area (Å²) in [5, 5.41) is 0. The normalized spacial score (nSPS) is 19.3. The number of hydrogen-bond donors (Lipinski definition) is 0. The minimum atomic E-state index is -1.03. The zero-order chi connectivity index (χ0) is 20.8. The van der Waals surface area contributed by atoms with E-state index >= 15 is 0 Å². The minimum absolute atomic E-state index is 0.0519. The van der Waals surface area contributed by atoms with E-state index in [-0.39, 0.29) is 29.7 Å². The lowest BCUT2D eigenvalue weighted by Crippen LogP contribution is -2.14. The molecular formula is C25H31F3O. The summed E-state index contributed by atoms with van der Waals surface area (Å²) in [4.78, 5) is 0. The Balaban J connectivity index is 1.71. The molecule has 0 saturated heterocycles. The summed E-state index contributed by atoms with van der Waals surface area (Å²) in [5.74, 6) is -1.51. The Morgan fingerprint density at radius 3 is 2.31 bits per heavy atom. The Labute approximate surface area is 172 Å². The topological polar surface area (TPSA) is 9.23 Å². The van der Waals surface area contributed by atoms with Crippen LogP contribution in [0.2, 0.25) is 0 Å². The molecule has 0 heterocycles. The second kappa shape index (κ2) is 10.2. The number of rotatable bonds is 8. The molecule has 0 amide bonds. The van der Waals surface area contributed by atoms with Gasteiger partial charge in [-0.1, -0.05) is 44.7 Å². The quantitative estimate of drug-likeness (QED) is 0.405. The van der Waals surface area contributed by atoms with Gasteiger partial charge in [-0.05, 0) is 73.8 Å². The minimum Gasteiger partial charge on any atom is -0.491 e. The highest BCUT2D eigenvalue weighted by Gasteiger charge is 2.25. The van der Waals surface area contributed by atoms with E-state index in [1.54, 1.807) is 19.1 Å². The average Bonchev–Trinajstić information content (AvgIpc) is 2.72. The van der Waals surface area contributed by atoms with Crippen LogP contribution in [-0.2, 0) is 0 Å². The van der Waals surface area contributed by atoms with E-state index in [0.717, 1.165) is 31.6 Å². The molecule has 0 radical (unpaired) electrons. The van der Waals surface area contributed by atoms with Gasteiger partial charge in [-0.3, -0.25) is 0 Å². The van der Waals surface area contributed by atoms with Gasteiger partial charge >= 0.3 is 0 Å². The average molecular weight is 405 g/mol. The van der Waals surface area contributed by atoms with Crippen molar-refractivity contribution in [3.63, 3.8) is 0 Å². The first-order valence-corrected chi connectivity index (χ1v) is 11.0. The van der Waals surface area contributed by atoms with Gasteiger partial charge in [-0.25, -0.2) is 8.78 Å². The second-order valence-corrected chi connectivity index (χ2v) is 8.12. The molecule has 1 aliphatic carbocycles. The Morgan fingerprint density at radius 2 is 1.66 bits per heavy atom. The molecule has 0 aliphatic heterocycles. The molecule has 0 atom stereocenters. The summed E-state index contributed by atoms with van der Waals surface area (Å²) in [7, 11) is 0. The maximum atomic E-state index is 14.9. The molecule has 2 aromatic rings. The van der Waals surface area contributed by atoms with Crippen molar-refractivity contribution in [3.8, 4) is 16.9 Å². The fourth-order valence-corrected chi connectivity index (χ4v) is 4.49. The van der Waals surface area contributed by atoms with Crippen molar-refractivity contribution in [3.05, 3.63) is 53.3 Å². The highest BCUT2D eigenvalue weighted by Crippen LogP contribution is 2.40. The first kappa shape index (κ1) is 21.7. The second-order valence-electron chi connectivity index (χ2n) is 8.12. The van der Waals surface area contributed by atoms with Gasteiger partial charge in [0.25, 0.3) is 0 Å². The van der Waals surface area contributed by atoms with Crippen LogP contribution in [0.15, 0.2) is 30.3 Å². The third kappa shape index (κ3) is 5.15. The molecule has 1 aliphatic rings. The van der Waals surface area contributed by atoms with Crippen LogP contribution >= 0.6 is 0 Å². The van der Waals surface area contributed by atoms with Crippen molar-refractivity contribution in [2.75, 3.05) is 6.61 Å². The van der Waals surface area contributed by atoms with Crippen molar-refractivity contribution >= 4 is 0 Å². The fourth-order valence-electron chi connectivity index (χ4n) is 4.49. The number of hydrogen-bond acceptors (Lipinski definition) is 1. The SMILES string of the molecule is CCCCCC1CCC(c2ccc(-c3ccc(OCC)c(F)c3F)cc2F)CC1.